The van der Waals surface area contributed by atoms with Crippen LogP contribution < -0.4 is 10.6 Å². The van der Waals surface area contributed by atoms with Gasteiger partial charge in [-0.1, -0.05) is 12.0 Å². The highest BCUT2D eigenvalue weighted by Gasteiger charge is 2.24. The molecule has 0 radical (unpaired) electrons. The van der Waals surface area contributed by atoms with Crippen LogP contribution in [0.15, 0.2) is 4.42 Å². The predicted molar refractivity (Wildman–Crippen MR) is 70.7 cm³/mol. The SMILES string of the molecule is CCNC(C)c1nnc(NC2CCC(=O)N(C)C2)o1. The smallest absolute Gasteiger partial charge is 0.315 e. The number of aromatic nitrogens is 2. The van der Waals surface area contributed by atoms with Crippen LogP contribution in [0.1, 0.15) is 38.6 Å². The number of hydrogen-bond donors (Lipinski definition) is 2. The van der Waals surface area contributed by atoms with Gasteiger partial charge in [-0.25, -0.2) is 0 Å². The highest BCUT2D eigenvalue weighted by Crippen LogP contribution is 2.17. The van der Waals surface area contributed by atoms with Crippen LogP contribution in [0.25, 0.3) is 0 Å². The maximum absolute atomic E-state index is 11.4. The molecule has 2 heterocycles. The van der Waals surface area contributed by atoms with Crippen molar-refractivity contribution in [1.29, 1.82) is 0 Å². The lowest BCUT2D eigenvalue weighted by Gasteiger charge is -2.29. The molecule has 1 aliphatic heterocycles. The molecule has 1 aliphatic rings. The van der Waals surface area contributed by atoms with Gasteiger partial charge in [-0.05, 0) is 19.9 Å². The van der Waals surface area contributed by atoms with E-state index < -0.39 is 0 Å². The van der Waals surface area contributed by atoms with Crippen molar-refractivity contribution in [2.24, 2.45) is 0 Å². The Morgan fingerprint density at radius 3 is 3.00 bits per heavy atom. The van der Waals surface area contributed by atoms with Crippen LogP contribution >= 0.6 is 0 Å². The van der Waals surface area contributed by atoms with Gasteiger partial charge in [0.1, 0.15) is 0 Å². The summed E-state index contributed by atoms with van der Waals surface area (Å²) in [5.74, 6) is 0.759. The molecule has 0 aromatic carbocycles. The van der Waals surface area contributed by atoms with Crippen molar-refractivity contribution in [3.05, 3.63) is 5.89 Å². The summed E-state index contributed by atoms with van der Waals surface area (Å²) in [6, 6.07) is 0.640. The third-order valence-electron chi connectivity index (χ3n) is 3.28. The monoisotopic (exact) mass is 267 g/mol. The van der Waals surface area contributed by atoms with E-state index in [-0.39, 0.29) is 18.0 Å². The average Bonchev–Trinajstić information content (AvgIpc) is 2.83. The zero-order chi connectivity index (χ0) is 13.8. The van der Waals surface area contributed by atoms with Crippen LogP contribution in [-0.2, 0) is 4.79 Å². The first-order chi connectivity index (χ1) is 9.10. The molecule has 19 heavy (non-hydrogen) atoms. The van der Waals surface area contributed by atoms with E-state index in [1.54, 1.807) is 4.90 Å². The molecule has 1 amide bonds. The summed E-state index contributed by atoms with van der Waals surface area (Å²) in [4.78, 5) is 13.1. The number of rotatable bonds is 5. The van der Waals surface area contributed by atoms with E-state index in [1.165, 1.54) is 0 Å². The fourth-order valence-corrected chi connectivity index (χ4v) is 2.17. The Morgan fingerprint density at radius 2 is 2.32 bits per heavy atom. The summed E-state index contributed by atoms with van der Waals surface area (Å²) in [5, 5.41) is 14.4. The minimum atomic E-state index is 0.0451. The quantitative estimate of drug-likeness (QED) is 0.820. The number of likely N-dealkylation sites (tertiary alicyclic amines) is 1. The number of carbonyl (C=O) groups excluding carboxylic acids is 1. The van der Waals surface area contributed by atoms with E-state index in [1.807, 2.05) is 20.9 Å². The molecule has 0 aliphatic carbocycles. The van der Waals surface area contributed by atoms with Crippen molar-refractivity contribution in [2.45, 2.75) is 38.8 Å². The first-order valence-corrected chi connectivity index (χ1v) is 6.67. The van der Waals surface area contributed by atoms with Gasteiger partial charge in [-0.15, -0.1) is 5.10 Å². The molecule has 0 bridgehead atoms. The molecular formula is C12H21N5O2. The number of hydrogen-bond acceptors (Lipinski definition) is 6. The van der Waals surface area contributed by atoms with Crippen molar-refractivity contribution in [3.63, 3.8) is 0 Å². The van der Waals surface area contributed by atoms with Crippen molar-refractivity contribution >= 4 is 11.9 Å². The Morgan fingerprint density at radius 1 is 1.53 bits per heavy atom. The van der Waals surface area contributed by atoms with Gasteiger partial charge in [0.2, 0.25) is 11.8 Å². The lowest BCUT2D eigenvalue weighted by atomic mass is 10.1. The van der Waals surface area contributed by atoms with E-state index in [2.05, 4.69) is 20.8 Å². The van der Waals surface area contributed by atoms with Crippen LogP contribution in [0.3, 0.4) is 0 Å². The maximum atomic E-state index is 11.4. The van der Waals surface area contributed by atoms with E-state index in [0.29, 0.717) is 24.9 Å². The molecule has 2 rings (SSSR count). The minimum absolute atomic E-state index is 0.0451. The third-order valence-corrected chi connectivity index (χ3v) is 3.28. The van der Waals surface area contributed by atoms with Crippen molar-refractivity contribution in [2.75, 3.05) is 25.5 Å². The largest absolute Gasteiger partial charge is 0.406 e. The Labute approximate surface area is 112 Å². The molecule has 0 saturated carbocycles. The van der Waals surface area contributed by atoms with E-state index in [4.69, 9.17) is 4.42 Å². The molecule has 0 spiro atoms. The molecule has 1 saturated heterocycles. The summed E-state index contributed by atoms with van der Waals surface area (Å²) < 4.78 is 5.56. The normalized spacial score (nSPS) is 21.5. The van der Waals surface area contributed by atoms with Gasteiger partial charge < -0.3 is 20.0 Å². The minimum Gasteiger partial charge on any atom is -0.406 e. The fourth-order valence-electron chi connectivity index (χ4n) is 2.17. The number of amides is 1. The van der Waals surface area contributed by atoms with Crippen molar-refractivity contribution in [3.8, 4) is 0 Å². The summed E-state index contributed by atoms with van der Waals surface area (Å²) in [5.41, 5.74) is 0. The molecule has 7 heteroatoms. The lowest BCUT2D eigenvalue weighted by Crippen LogP contribution is -2.43. The topological polar surface area (TPSA) is 83.3 Å². The standard InChI is InChI=1S/C12H21N5O2/c1-4-13-8(2)11-15-16-12(19-11)14-9-5-6-10(18)17(3)7-9/h8-9,13H,4-7H2,1-3H3,(H,14,16). The van der Waals surface area contributed by atoms with Gasteiger partial charge in [0, 0.05) is 26.1 Å². The first kappa shape index (κ1) is 13.8. The lowest BCUT2D eigenvalue weighted by molar-refractivity contribution is -0.132. The average molecular weight is 267 g/mol. The van der Waals surface area contributed by atoms with Gasteiger partial charge in [0.15, 0.2) is 0 Å². The Balaban J connectivity index is 1.91. The Kier molecular flexibility index (Phi) is 4.36. The second kappa shape index (κ2) is 6.01. The van der Waals surface area contributed by atoms with Crippen LogP contribution in [0.2, 0.25) is 0 Å². The molecular weight excluding hydrogens is 246 g/mol. The molecule has 2 unspecified atom stereocenters. The zero-order valence-electron chi connectivity index (χ0n) is 11.6. The molecule has 2 atom stereocenters. The summed E-state index contributed by atoms with van der Waals surface area (Å²) >= 11 is 0. The van der Waals surface area contributed by atoms with Crippen molar-refractivity contribution < 1.29 is 9.21 Å². The number of nitrogens with zero attached hydrogens (tertiary/aromatic N) is 3. The summed E-state index contributed by atoms with van der Waals surface area (Å²) in [7, 11) is 1.81. The van der Waals surface area contributed by atoms with E-state index >= 15 is 0 Å². The molecule has 7 nitrogen and oxygen atoms in total. The maximum Gasteiger partial charge on any atom is 0.315 e. The fraction of sp³-hybridized carbons (Fsp3) is 0.750. The number of nitrogens with one attached hydrogen (secondary N) is 2. The first-order valence-electron chi connectivity index (χ1n) is 6.67. The van der Waals surface area contributed by atoms with Gasteiger partial charge in [0.25, 0.3) is 0 Å². The summed E-state index contributed by atoms with van der Waals surface area (Å²) in [6.07, 6.45) is 1.35. The molecule has 1 fully saturated rings. The van der Waals surface area contributed by atoms with Crippen LogP contribution in [0.4, 0.5) is 6.01 Å². The van der Waals surface area contributed by atoms with Crippen molar-refractivity contribution in [1.82, 2.24) is 20.4 Å². The molecule has 1 aromatic rings. The highest BCUT2D eigenvalue weighted by molar-refractivity contribution is 5.76. The Hall–Kier alpha value is -1.63. The second-order valence-electron chi connectivity index (χ2n) is 4.88. The van der Waals surface area contributed by atoms with Crippen LogP contribution in [0, 0.1) is 0 Å². The van der Waals surface area contributed by atoms with Gasteiger partial charge in [0.05, 0.1) is 6.04 Å². The van der Waals surface area contributed by atoms with Gasteiger partial charge in [-0.3, -0.25) is 4.79 Å². The Bertz CT molecular complexity index is 434. The predicted octanol–water partition coefficient (Wildman–Crippen LogP) is 0.773. The number of carbonyl (C=O) groups is 1. The van der Waals surface area contributed by atoms with Gasteiger partial charge >= 0.3 is 6.01 Å². The molecule has 106 valence electrons. The van der Waals surface area contributed by atoms with E-state index in [9.17, 15) is 4.79 Å². The molecule has 2 N–H and O–H groups in total. The second-order valence-corrected chi connectivity index (χ2v) is 4.88. The molecule has 1 aromatic heterocycles. The third kappa shape index (κ3) is 3.44. The highest BCUT2D eigenvalue weighted by atomic mass is 16.4. The van der Waals surface area contributed by atoms with Gasteiger partial charge in [-0.2, -0.15) is 0 Å². The number of likely N-dealkylation sites (N-methyl/N-ethyl adjacent to an activating group) is 1. The number of anilines is 1. The number of piperidine rings is 1. The van der Waals surface area contributed by atoms with Crippen LogP contribution in [0.5, 0.6) is 0 Å². The zero-order valence-corrected chi connectivity index (χ0v) is 11.6. The van der Waals surface area contributed by atoms with E-state index in [0.717, 1.165) is 13.0 Å². The van der Waals surface area contributed by atoms with Crippen LogP contribution in [-0.4, -0.2) is 47.2 Å². The summed E-state index contributed by atoms with van der Waals surface area (Å²) in [6.45, 7) is 5.52.